The summed E-state index contributed by atoms with van der Waals surface area (Å²) < 4.78 is 6.00. The van der Waals surface area contributed by atoms with Crippen LogP contribution in [0, 0.1) is 22.5 Å². The monoisotopic (exact) mass is 278 g/mol. The van der Waals surface area contributed by atoms with Crippen LogP contribution >= 0.6 is 0 Å². The van der Waals surface area contributed by atoms with Crippen LogP contribution in [0.5, 0.6) is 5.75 Å². The Balaban J connectivity index is 2.05. The van der Waals surface area contributed by atoms with E-state index in [0.717, 1.165) is 13.0 Å². The SMILES string of the molecule is CCNC1CC(Oc2ccc([N+](=O)[O-])c(C)c2)C1(C)C. The largest absolute Gasteiger partial charge is 0.490 e. The Morgan fingerprint density at radius 1 is 1.50 bits per heavy atom. The standard InChI is InChI=1S/C15H22N2O3/c1-5-16-13-9-14(15(13,3)4)20-11-6-7-12(17(18)19)10(2)8-11/h6-8,13-14,16H,5,9H2,1-4H3. The van der Waals surface area contributed by atoms with Crippen LogP contribution in [0.2, 0.25) is 0 Å². The highest BCUT2D eigenvalue weighted by Gasteiger charge is 2.49. The third kappa shape index (κ3) is 2.63. The van der Waals surface area contributed by atoms with Crippen molar-refractivity contribution in [1.29, 1.82) is 0 Å². The van der Waals surface area contributed by atoms with Gasteiger partial charge in [0.1, 0.15) is 11.9 Å². The lowest BCUT2D eigenvalue weighted by Crippen LogP contribution is -2.62. The summed E-state index contributed by atoms with van der Waals surface area (Å²) in [5, 5.41) is 14.3. The normalized spacial score (nSPS) is 24.0. The summed E-state index contributed by atoms with van der Waals surface area (Å²) >= 11 is 0. The molecule has 2 atom stereocenters. The predicted molar refractivity (Wildman–Crippen MR) is 78.1 cm³/mol. The molecule has 0 amide bonds. The van der Waals surface area contributed by atoms with E-state index >= 15 is 0 Å². The molecule has 2 unspecified atom stereocenters. The average molecular weight is 278 g/mol. The molecule has 2 rings (SSSR count). The first kappa shape index (κ1) is 14.8. The van der Waals surface area contributed by atoms with Crippen molar-refractivity contribution in [2.45, 2.75) is 46.3 Å². The van der Waals surface area contributed by atoms with Crippen LogP contribution in [0.3, 0.4) is 0 Å². The van der Waals surface area contributed by atoms with Crippen LogP contribution in [0.4, 0.5) is 5.69 Å². The summed E-state index contributed by atoms with van der Waals surface area (Å²) in [5.41, 5.74) is 0.842. The van der Waals surface area contributed by atoms with E-state index in [2.05, 4.69) is 26.1 Å². The first-order valence-electron chi connectivity index (χ1n) is 7.01. The van der Waals surface area contributed by atoms with Crippen molar-refractivity contribution in [1.82, 2.24) is 5.32 Å². The van der Waals surface area contributed by atoms with Crippen LogP contribution in [0.15, 0.2) is 18.2 Å². The number of benzene rings is 1. The van der Waals surface area contributed by atoms with Gasteiger partial charge in [0.2, 0.25) is 0 Å². The molecule has 1 aliphatic carbocycles. The van der Waals surface area contributed by atoms with Crippen molar-refractivity contribution in [2.75, 3.05) is 6.54 Å². The topological polar surface area (TPSA) is 64.4 Å². The van der Waals surface area contributed by atoms with Gasteiger partial charge in [-0.25, -0.2) is 0 Å². The van der Waals surface area contributed by atoms with Crippen molar-refractivity contribution < 1.29 is 9.66 Å². The van der Waals surface area contributed by atoms with Crippen LogP contribution in [0.1, 0.15) is 32.8 Å². The number of nitro groups is 1. The van der Waals surface area contributed by atoms with E-state index in [1.54, 1.807) is 19.1 Å². The lowest BCUT2D eigenvalue weighted by molar-refractivity contribution is -0.385. The summed E-state index contributed by atoms with van der Waals surface area (Å²) in [6.45, 7) is 9.17. The summed E-state index contributed by atoms with van der Waals surface area (Å²) in [4.78, 5) is 10.4. The van der Waals surface area contributed by atoms with Gasteiger partial charge < -0.3 is 10.1 Å². The molecule has 0 bridgehead atoms. The van der Waals surface area contributed by atoms with E-state index in [9.17, 15) is 10.1 Å². The van der Waals surface area contributed by atoms with Crippen molar-refractivity contribution >= 4 is 5.69 Å². The lowest BCUT2D eigenvalue weighted by Gasteiger charge is -2.51. The predicted octanol–water partition coefficient (Wildman–Crippen LogP) is 3.06. The Morgan fingerprint density at radius 2 is 2.20 bits per heavy atom. The molecule has 1 N–H and O–H groups in total. The van der Waals surface area contributed by atoms with Gasteiger partial charge in [-0.3, -0.25) is 10.1 Å². The minimum atomic E-state index is -0.367. The van der Waals surface area contributed by atoms with Crippen molar-refractivity contribution in [3.8, 4) is 5.75 Å². The van der Waals surface area contributed by atoms with Crippen LogP contribution in [-0.2, 0) is 0 Å². The van der Waals surface area contributed by atoms with Crippen molar-refractivity contribution in [2.24, 2.45) is 5.41 Å². The fourth-order valence-corrected chi connectivity index (χ4v) is 2.75. The highest BCUT2D eigenvalue weighted by Crippen LogP contribution is 2.43. The molecular weight excluding hydrogens is 256 g/mol. The van der Waals surface area contributed by atoms with E-state index in [1.807, 2.05) is 0 Å². The smallest absolute Gasteiger partial charge is 0.272 e. The highest BCUT2D eigenvalue weighted by atomic mass is 16.6. The van der Waals surface area contributed by atoms with Gasteiger partial charge in [0.05, 0.1) is 4.92 Å². The maximum atomic E-state index is 10.8. The molecule has 5 heteroatoms. The third-order valence-electron chi connectivity index (χ3n) is 4.27. The molecule has 1 aliphatic rings. The Bertz CT molecular complexity index is 514. The van der Waals surface area contributed by atoms with Crippen LogP contribution in [-0.4, -0.2) is 23.6 Å². The average Bonchev–Trinajstić information content (AvgIpc) is 2.37. The summed E-state index contributed by atoms with van der Waals surface area (Å²) in [6.07, 6.45) is 1.11. The van der Waals surface area contributed by atoms with Gasteiger partial charge in [0, 0.05) is 29.5 Å². The fraction of sp³-hybridized carbons (Fsp3) is 0.600. The Kier molecular flexibility index (Phi) is 3.99. The zero-order valence-electron chi connectivity index (χ0n) is 12.5. The molecule has 1 fully saturated rings. The molecule has 1 aromatic rings. The number of nitrogens with zero attached hydrogens (tertiary/aromatic N) is 1. The summed E-state index contributed by atoms with van der Waals surface area (Å²) in [7, 11) is 0. The first-order chi connectivity index (χ1) is 9.36. The first-order valence-corrected chi connectivity index (χ1v) is 7.01. The maximum absolute atomic E-state index is 10.8. The molecule has 0 aliphatic heterocycles. The molecule has 0 spiro atoms. The third-order valence-corrected chi connectivity index (χ3v) is 4.27. The second-order valence-electron chi connectivity index (χ2n) is 5.98. The molecule has 1 saturated carbocycles. The van der Waals surface area contributed by atoms with Gasteiger partial charge in [0.15, 0.2) is 0 Å². The van der Waals surface area contributed by atoms with E-state index in [-0.39, 0.29) is 22.1 Å². The Labute approximate surface area is 119 Å². The van der Waals surface area contributed by atoms with Crippen LogP contribution < -0.4 is 10.1 Å². The number of hydrogen-bond donors (Lipinski definition) is 1. The van der Waals surface area contributed by atoms with Gasteiger partial charge in [-0.1, -0.05) is 20.8 Å². The van der Waals surface area contributed by atoms with Crippen LogP contribution in [0.25, 0.3) is 0 Å². The number of ether oxygens (including phenoxy) is 1. The highest BCUT2D eigenvalue weighted by molar-refractivity contribution is 5.44. The molecule has 1 aromatic carbocycles. The number of nitro benzene ring substituents is 1. The second kappa shape index (κ2) is 5.40. The molecule has 0 radical (unpaired) electrons. The lowest BCUT2D eigenvalue weighted by atomic mass is 9.64. The quantitative estimate of drug-likeness (QED) is 0.664. The molecule has 5 nitrogen and oxygen atoms in total. The zero-order chi connectivity index (χ0) is 14.9. The second-order valence-corrected chi connectivity index (χ2v) is 5.98. The minimum Gasteiger partial charge on any atom is -0.490 e. The van der Waals surface area contributed by atoms with Gasteiger partial charge in [-0.15, -0.1) is 0 Å². The number of hydrogen-bond acceptors (Lipinski definition) is 4. The van der Waals surface area contributed by atoms with E-state index < -0.39 is 0 Å². The number of aryl methyl sites for hydroxylation is 1. The van der Waals surface area contributed by atoms with Gasteiger partial charge in [-0.2, -0.15) is 0 Å². The molecule has 20 heavy (non-hydrogen) atoms. The molecule has 0 saturated heterocycles. The Hall–Kier alpha value is -1.62. The van der Waals surface area contributed by atoms with Crippen molar-refractivity contribution in [3.05, 3.63) is 33.9 Å². The molecular formula is C15H22N2O3. The van der Waals surface area contributed by atoms with Gasteiger partial charge in [0.25, 0.3) is 5.69 Å². The molecule has 0 aromatic heterocycles. The number of nitrogens with one attached hydrogen (secondary N) is 1. The van der Waals surface area contributed by atoms with E-state index in [4.69, 9.17) is 4.74 Å². The molecule has 110 valence electrons. The van der Waals surface area contributed by atoms with E-state index in [1.165, 1.54) is 6.07 Å². The summed E-state index contributed by atoms with van der Waals surface area (Å²) in [5.74, 6) is 0.709. The minimum absolute atomic E-state index is 0.0751. The zero-order valence-corrected chi connectivity index (χ0v) is 12.5. The van der Waals surface area contributed by atoms with E-state index in [0.29, 0.717) is 17.4 Å². The number of rotatable bonds is 5. The van der Waals surface area contributed by atoms with Crippen molar-refractivity contribution in [3.63, 3.8) is 0 Å². The molecule has 0 heterocycles. The van der Waals surface area contributed by atoms with Gasteiger partial charge >= 0.3 is 0 Å². The summed E-state index contributed by atoms with van der Waals surface area (Å²) in [6, 6.07) is 5.41. The Morgan fingerprint density at radius 3 is 2.70 bits per heavy atom. The van der Waals surface area contributed by atoms with Gasteiger partial charge in [-0.05, 0) is 25.6 Å². The maximum Gasteiger partial charge on any atom is 0.272 e. The fourth-order valence-electron chi connectivity index (χ4n) is 2.75.